The highest BCUT2D eigenvalue weighted by Crippen LogP contribution is 2.19. The predicted octanol–water partition coefficient (Wildman–Crippen LogP) is 2.51. The maximum Gasteiger partial charge on any atom is 0.105 e. The van der Waals surface area contributed by atoms with Crippen LogP contribution in [0.3, 0.4) is 0 Å². The lowest BCUT2D eigenvalue weighted by molar-refractivity contribution is 0.562. The molecular formula is C14H19N3. The van der Waals surface area contributed by atoms with Gasteiger partial charge >= 0.3 is 0 Å². The van der Waals surface area contributed by atoms with E-state index in [1.807, 2.05) is 19.3 Å². The van der Waals surface area contributed by atoms with Crippen molar-refractivity contribution < 1.29 is 0 Å². The molecule has 0 spiro atoms. The van der Waals surface area contributed by atoms with Gasteiger partial charge in [-0.05, 0) is 31.9 Å². The third-order valence-corrected chi connectivity index (χ3v) is 3.15. The molecule has 0 saturated heterocycles. The molecular weight excluding hydrogens is 210 g/mol. The zero-order chi connectivity index (χ0) is 12.4. The lowest BCUT2D eigenvalue weighted by Gasteiger charge is -2.17. The number of rotatable bonds is 3. The van der Waals surface area contributed by atoms with Crippen LogP contribution in [0.4, 0.5) is 0 Å². The molecule has 2 rings (SSSR count). The third-order valence-electron chi connectivity index (χ3n) is 3.15. The number of nitrogens with zero attached hydrogens (tertiary/aromatic N) is 2. The maximum absolute atomic E-state index is 6.28. The van der Waals surface area contributed by atoms with Crippen molar-refractivity contribution in [2.24, 2.45) is 5.73 Å². The van der Waals surface area contributed by atoms with Crippen molar-refractivity contribution in [3.63, 3.8) is 0 Å². The minimum atomic E-state index is 0.0165. The Morgan fingerprint density at radius 3 is 2.71 bits per heavy atom. The number of imidazole rings is 1. The fraction of sp³-hybridized carbons (Fsp3) is 0.357. The molecule has 3 heteroatoms. The van der Waals surface area contributed by atoms with Gasteiger partial charge in [-0.3, -0.25) is 0 Å². The Balaban J connectivity index is 2.23. The van der Waals surface area contributed by atoms with E-state index < -0.39 is 0 Å². The zero-order valence-corrected chi connectivity index (χ0v) is 10.6. The molecule has 3 nitrogen and oxygen atoms in total. The third kappa shape index (κ3) is 2.56. The van der Waals surface area contributed by atoms with Gasteiger partial charge in [-0.1, -0.05) is 23.8 Å². The van der Waals surface area contributed by atoms with Gasteiger partial charge in [0.15, 0.2) is 0 Å². The zero-order valence-electron chi connectivity index (χ0n) is 10.6. The first kappa shape index (κ1) is 11.9. The highest BCUT2D eigenvalue weighted by atomic mass is 15.1. The second-order valence-corrected chi connectivity index (χ2v) is 4.59. The Kier molecular flexibility index (Phi) is 3.29. The van der Waals surface area contributed by atoms with Crippen molar-refractivity contribution in [2.75, 3.05) is 0 Å². The molecule has 2 N–H and O–H groups in total. The van der Waals surface area contributed by atoms with E-state index in [2.05, 4.69) is 41.6 Å². The predicted molar refractivity (Wildman–Crippen MR) is 69.8 cm³/mol. The van der Waals surface area contributed by atoms with Crippen LogP contribution in [0.15, 0.2) is 30.6 Å². The molecule has 1 aromatic carbocycles. The summed E-state index contributed by atoms with van der Waals surface area (Å²) in [5, 5.41) is 0. The van der Waals surface area contributed by atoms with E-state index in [1.165, 1.54) is 16.7 Å². The van der Waals surface area contributed by atoms with Gasteiger partial charge in [0.05, 0.1) is 0 Å². The summed E-state index contributed by atoms with van der Waals surface area (Å²) >= 11 is 0. The van der Waals surface area contributed by atoms with Crippen LogP contribution in [0, 0.1) is 20.8 Å². The maximum atomic E-state index is 6.28. The number of hydrogen-bond acceptors (Lipinski definition) is 2. The van der Waals surface area contributed by atoms with Gasteiger partial charge in [0.2, 0.25) is 0 Å². The molecule has 0 fully saturated rings. The van der Waals surface area contributed by atoms with Crippen LogP contribution >= 0.6 is 0 Å². The molecule has 0 aliphatic rings. The van der Waals surface area contributed by atoms with Gasteiger partial charge in [0, 0.05) is 25.0 Å². The molecule has 0 bridgehead atoms. The monoisotopic (exact) mass is 229 g/mol. The van der Waals surface area contributed by atoms with E-state index in [-0.39, 0.29) is 6.04 Å². The first-order valence-corrected chi connectivity index (χ1v) is 5.88. The SMILES string of the molecule is Cc1ccc(C)c(C(N)Cn2ccnc2C)c1. The summed E-state index contributed by atoms with van der Waals surface area (Å²) in [6, 6.07) is 6.44. The van der Waals surface area contributed by atoms with E-state index >= 15 is 0 Å². The Labute approximate surface area is 102 Å². The molecule has 2 aromatic rings. The van der Waals surface area contributed by atoms with E-state index in [9.17, 15) is 0 Å². The van der Waals surface area contributed by atoms with E-state index in [0.717, 1.165) is 12.4 Å². The molecule has 90 valence electrons. The molecule has 1 unspecified atom stereocenters. The topological polar surface area (TPSA) is 43.8 Å². The summed E-state index contributed by atoms with van der Waals surface area (Å²) < 4.78 is 2.09. The van der Waals surface area contributed by atoms with Gasteiger partial charge in [-0.25, -0.2) is 4.98 Å². The van der Waals surface area contributed by atoms with Crippen molar-refractivity contribution >= 4 is 0 Å². The number of aromatic nitrogens is 2. The van der Waals surface area contributed by atoms with Crippen LogP contribution in [0.1, 0.15) is 28.6 Å². The number of hydrogen-bond donors (Lipinski definition) is 1. The van der Waals surface area contributed by atoms with Gasteiger partial charge in [0.25, 0.3) is 0 Å². The van der Waals surface area contributed by atoms with Gasteiger partial charge in [-0.15, -0.1) is 0 Å². The highest BCUT2D eigenvalue weighted by molar-refractivity contribution is 5.32. The first-order chi connectivity index (χ1) is 8.08. The Bertz CT molecular complexity index is 514. The average Bonchev–Trinajstić information content (AvgIpc) is 2.68. The smallest absolute Gasteiger partial charge is 0.105 e. The molecule has 1 aromatic heterocycles. The lowest BCUT2D eigenvalue weighted by Crippen LogP contribution is -2.19. The van der Waals surface area contributed by atoms with Crippen molar-refractivity contribution in [3.8, 4) is 0 Å². The summed E-state index contributed by atoms with van der Waals surface area (Å²) in [6.45, 7) is 6.97. The van der Waals surface area contributed by atoms with Crippen LogP contribution < -0.4 is 5.73 Å². The number of aryl methyl sites for hydroxylation is 3. The molecule has 17 heavy (non-hydrogen) atoms. The minimum Gasteiger partial charge on any atom is -0.333 e. The standard InChI is InChI=1S/C14H19N3/c1-10-4-5-11(2)13(8-10)14(15)9-17-7-6-16-12(17)3/h4-8,14H,9,15H2,1-3H3. The van der Waals surface area contributed by atoms with Crippen molar-refractivity contribution in [1.82, 2.24) is 9.55 Å². The summed E-state index contributed by atoms with van der Waals surface area (Å²) in [6.07, 6.45) is 3.78. The molecule has 1 heterocycles. The summed E-state index contributed by atoms with van der Waals surface area (Å²) in [4.78, 5) is 4.21. The fourth-order valence-electron chi connectivity index (χ4n) is 2.07. The molecule has 0 radical (unpaired) electrons. The van der Waals surface area contributed by atoms with Crippen LogP contribution in [0.2, 0.25) is 0 Å². The van der Waals surface area contributed by atoms with Gasteiger partial charge in [-0.2, -0.15) is 0 Å². The lowest BCUT2D eigenvalue weighted by atomic mass is 9.99. The highest BCUT2D eigenvalue weighted by Gasteiger charge is 2.10. The fourth-order valence-corrected chi connectivity index (χ4v) is 2.07. The molecule has 0 aliphatic heterocycles. The normalized spacial score (nSPS) is 12.7. The van der Waals surface area contributed by atoms with Crippen LogP contribution in [-0.4, -0.2) is 9.55 Å². The first-order valence-electron chi connectivity index (χ1n) is 5.88. The number of nitrogens with two attached hydrogens (primary N) is 1. The summed E-state index contributed by atoms with van der Waals surface area (Å²) in [7, 11) is 0. The quantitative estimate of drug-likeness (QED) is 0.878. The van der Waals surface area contributed by atoms with Crippen molar-refractivity contribution in [3.05, 3.63) is 53.1 Å². The second kappa shape index (κ2) is 4.72. The van der Waals surface area contributed by atoms with Crippen LogP contribution in [0.5, 0.6) is 0 Å². The average molecular weight is 229 g/mol. The second-order valence-electron chi connectivity index (χ2n) is 4.59. The molecule has 0 amide bonds. The minimum absolute atomic E-state index is 0.0165. The van der Waals surface area contributed by atoms with Gasteiger partial charge < -0.3 is 10.3 Å². The largest absolute Gasteiger partial charge is 0.333 e. The molecule has 0 aliphatic carbocycles. The van der Waals surface area contributed by atoms with E-state index in [1.54, 1.807) is 0 Å². The summed E-state index contributed by atoms with van der Waals surface area (Å²) in [5.74, 6) is 1.01. The van der Waals surface area contributed by atoms with Crippen LogP contribution in [-0.2, 0) is 6.54 Å². The van der Waals surface area contributed by atoms with Gasteiger partial charge in [0.1, 0.15) is 5.82 Å². The molecule has 0 saturated carbocycles. The summed E-state index contributed by atoms with van der Waals surface area (Å²) in [5.41, 5.74) is 10.0. The Hall–Kier alpha value is -1.61. The van der Waals surface area contributed by atoms with Crippen molar-refractivity contribution in [2.45, 2.75) is 33.4 Å². The van der Waals surface area contributed by atoms with E-state index in [4.69, 9.17) is 5.73 Å². The number of benzene rings is 1. The van der Waals surface area contributed by atoms with Crippen LogP contribution in [0.25, 0.3) is 0 Å². The Morgan fingerprint density at radius 1 is 1.29 bits per heavy atom. The molecule has 1 atom stereocenters. The van der Waals surface area contributed by atoms with E-state index in [0.29, 0.717) is 0 Å². The van der Waals surface area contributed by atoms with Crippen molar-refractivity contribution in [1.29, 1.82) is 0 Å². The Morgan fingerprint density at radius 2 is 2.06 bits per heavy atom.